The molecule has 3 heteroatoms. The monoisotopic (exact) mass is 214 g/mol. The molecule has 0 spiro atoms. The second-order valence-electron chi connectivity index (χ2n) is 2.66. The maximum Gasteiger partial charge on any atom is 0.153 e. The first kappa shape index (κ1) is 10.3. The van der Waals surface area contributed by atoms with E-state index in [0.29, 0.717) is 11.9 Å². The minimum Gasteiger partial charge on any atom is -0.298 e. The Morgan fingerprint density at radius 2 is 2.08 bits per heavy atom. The van der Waals surface area contributed by atoms with Crippen molar-refractivity contribution >= 4 is 35.1 Å². The third kappa shape index (κ3) is 2.58. The fraction of sp³-hybridized carbons (Fsp3) is 0.100. The van der Waals surface area contributed by atoms with E-state index in [1.807, 2.05) is 25.1 Å². The van der Waals surface area contributed by atoms with Crippen LogP contribution >= 0.6 is 23.2 Å². The molecule has 1 aromatic rings. The van der Waals surface area contributed by atoms with Gasteiger partial charge < -0.3 is 0 Å². The summed E-state index contributed by atoms with van der Waals surface area (Å²) in [5, 5.41) is 0. The van der Waals surface area contributed by atoms with Gasteiger partial charge in [0.25, 0.3) is 0 Å². The van der Waals surface area contributed by atoms with E-state index < -0.39 is 0 Å². The van der Waals surface area contributed by atoms with Crippen LogP contribution in [0.4, 0.5) is 0 Å². The van der Waals surface area contributed by atoms with Crippen molar-refractivity contribution in [2.24, 2.45) is 0 Å². The summed E-state index contributed by atoms with van der Waals surface area (Å²) in [5.74, 6) is 0. The second-order valence-corrected chi connectivity index (χ2v) is 3.61. The van der Waals surface area contributed by atoms with Crippen LogP contribution in [0.1, 0.15) is 11.1 Å². The summed E-state index contributed by atoms with van der Waals surface area (Å²) in [7, 11) is 0. The van der Waals surface area contributed by atoms with Crippen molar-refractivity contribution in [3.8, 4) is 0 Å². The van der Waals surface area contributed by atoms with Crippen molar-refractivity contribution < 1.29 is 4.79 Å². The van der Waals surface area contributed by atoms with E-state index >= 15 is 0 Å². The van der Waals surface area contributed by atoms with Gasteiger partial charge in [-0.3, -0.25) is 4.79 Å². The second kappa shape index (κ2) is 4.45. The minimum atomic E-state index is 0.000556. The summed E-state index contributed by atoms with van der Waals surface area (Å²) >= 11 is 11.1. The molecule has 0 aliphatic rings. The van der Waals surface area contributed by atoms with Gasteiger partial charge in [-0.25, -0.2) is 0 Å². The first-order chi connectivity index (χ1) is 6.15. The van der Waals surface area contributed by atoms with Crippen LogP contribution < -0.4 is 0 Å². The number of hydrogen-bond acceptors (Lipinski definition) is 1. The van der Waals surface area contributed by atoms with Crippen molar-refractivity contribution in [2.45, 2.75) is 6.92 Å². The molecule has 0 bridgehead atoms. The Hall–Kier alpha value is -0.790. The van der Waals surface area contributed by atoms with E-state index in [4.69, 9.17) is 23.2 Å². The van der Waals surface area contributed by atoms with E-state index in [2.05, 4.69) is 0 Å². The molecule has 0 heterocycles. The predicted octanol–water partition coefficient (Wildman–Crippen LogP) is 3.34. The Morgan fingerprint density at radius 3 is 2.54 bits per heavy atom. The highest BCUT2D eigenvalue weighted by molar-refractivity contribution is 6.60. The molecular formula is C10H8Cl2O. The summed E-state index contributed by atoms with van der Waals surface area (Å²) in [6, 6.07) is 7.44. The molecule has 1 aromatic carbocycles. The highest BCUT2D eigenvalue weighted by atomic mass is 35.5. The van der Waals surface area contributed by atoms with Crippen LogP contribution in [0.2, 0.25) is 0 Å². The third-order valence-corrected chi connectivity index (χ3v) is 2.06. The molecule has 0 radical (unpaired) electrons. The van der Waals surface area contributed by atoms with Crippen LogP contribution in [0.15, 0.2) is 28.8 Å². The van der Waals surface area contributed by atoms with E-state index in [-0.39, 0.29) is 4.49 Å². The van der Waals surface area contributed by atoms with Crippen molar-refractivity contribution in [3.05, 3.63) is 39.9 Å². The summed E-state index contributed by atoms with van der Waals surface area (Å²) in [6.45, 7) is 1.94. The average molecular weight is 215 g/mol. The molecule has 0 saturated heterocycles. The molecule has 0 atom stereocenters. The fourth-order valence-corrected chi connectivity index (χ4v) is 1.34. The van der Waals surface area contributed by atoms with Gasteiger partial charge in [0.1, 0.15) is 4.49 Å². The summed E-state index contributed by atoms with van der Waals surface area (Å²) in [5.41, 5.74) is 2.13. The number of benzene rings is 1. The minimum absolute atomic E-state index is 0.000556. The molecule has 0 unspecified atom stereocenters. The third-order valence-electron chi connectivity index (χ3n) is 1.65. The Bertz CT molecular complexity index is 352. The van der Waals surface area contributed by atoms with E-state index in [1.54, 1.807) is 6.07 Å². The molecule has 68 valence electrons. The van der Waals surface area contributed by atoms with Gasteiger partial charge in [-0.15, -0.1) is 0 Å². The number of carbonyl (C=O) groups excluding carboxylic acids is 1. The molecule has 1 rings (SSSR count). The number of allylic oxidation sites excluding steroid dienone is 1. The highest BCUT2D eigenvalue weighted by Gasteiger charge is 2.04. The molecule has 0 fully saturated rings. The molecule has 0 amide bonds. The lowest BCUT2D eigenvalue weighted by Gasteiger charge is -2.01. The van der Waals surface area contributed by atoms with Gasteiger partial charge in [-0.2, -0.15) is 0 Å². The van der Waals surface area contributed by atoms with Gasteiger partial charge in [0, 0.05) is 0 Å². The van der Waals surface area contributed by atoms with E-state index in [9.17, 15) is 4.79 Å². The number of rotatable bonds is 2. The number of halogens is 2. The molecular weight excluding hydrogens is 207 g/mol. The van der Waals surface area contributed by atoms with Crippen molar-refractivity contribution in [1.29, 1.82) is 0 Å². The van der Waals surface area contributed by atoms with Crippen molar-refractivity contribution in [1.82, 2.24) is 0 Å². The van der Waals surface area contributed by atoms with Gasteiger partial charge in [0.15, 0.2) is 6.29 Å². The van der Waals surface area contributed by atoms with Crippen LogP contribution in [0.5, 0.6) is 0 Å². The van der Waals surface area contributed by atoms with Gasteiger partial charge in [0.05, 0.1) is 5.57 Å². The Morgan fingerprint density at radius 1 is 1.38 bits per heavy atom. The van der Waals surface area contributed by atoms with Gasteiger partial charge in [0.2, 0.25) is 0 Å². The van der Waals surface area contributed by atoms with Crippen molar-refractivity contribution in [3.63, 3.8) is 0 Å². The Kier molecular flexibility index (Phi) is 3.52. The number of aryl methyl sites for hydroxylation is 1. The Balaban J connectivity index is 3.21. The molecule has 1 nitrogen and oxygen atoms in total. The predicted molar refractivity (Wildman–Crippen MR) is 55.9 cm³/mol. The zero-order valence-electron chi connectivity index (χ0n) is 7.05. The molecule has 0 aromatic heterocycles. The number of carbonyl (C=O) groups is 1. The fourth-order valence-electron chi connectivity index (χ4n) is 1.03. The molecule has 0 aliphatic carbocycles. The number of aldehydes is 1. The van der Waals surface area contributed by atoms with Crippen molar-refractivity contribution in [2.75, 3.05) is 0 Å². The first-order valence-electron chi connectivity index (χ1n) is 3.72. The molecule has 0 aliphatic heterocycles. The zero-order chi connectivity index (χ0) is 9.84. The van der Waals surface area contributed by atoms with Crippen LogP contribution in [0.3, 0.4) is 0 Å². The van der Waals surface area contributed by atoms with Crippen LogP contribution in [0.25, 0.3) is 5.57 Å². The van der Waals surface area contributed by atoms with Crippen LogP contribution in [-0.2, 0) is 4.79 Å². The lowest BCUT2D eigenvalue weighted by atomic mass is 10.1. The van der Waals surface area contributed by atoms with Gasteiger partial charge in [-0.05, 0) is 12.5 Å². The topological polar surface area (TPSA) is 17.1 Å². The van der Waals surface area contributed by atoms with Crippen LogP contribution in [-0.4, -0.2) is 6.29 Å². The maximum atomic E-state index is 10.6. The summed E-state index contributed by atoms with van der Waals surface area (Å²) in [4.78, 5) is 10.6. The lowest BCUT2D eigenvalue weighted by Crippen LogP contribution is -1.87. The van der Waals surface area contributed by atoms with E-state index in [1.165, 1.54) is 0 Å². The van der Waals surface area contributed by atoms with Gasteiger partial charge >= 0.3 is 0 Å². The van der Waals surface area contributed by atoms with E-state index in [0.717, 1.165) is 11.1 Å². The van der Waals surface area contributed by atoms with Gasteiger partial charge in [-0.1, -0.05) is 53.0 Å². The average Bonchev–Trinajstić information content (AvgIpc) is 2.04. The largest absolute Gasteiger partial charge is 0.298 e. The smallest absolute Gasteiger partial charge is 0.153 e. The summed E-state index contributed by atoms with van der Waals surface area (Å²) < 4.78 is 0.000556. The quantitative estimate of drug-likeness (QED) is 0.546. The standard InChI is InChI=1S/C10H8Cl2O/c1-7-3-2-4-8(5-7)9(6-13)10(11)12/h2-6H,1H3. The molecule has 0 N–H and O–H groups in total. The molecule has 13 heavy (non-hydrogen) atoms. The normalized spacial score (nSPS) is 9.46. The molecule has 0 saturated carbocycles. The zero-order valence-corrected chi connectivity index (χ0v) is 8.56. The number of hydrogen-bond donors (Lipinski definition) is 0. The lowest BCUT2D eigenvalue weighted by molar-refractivity contribution is -0.103. The van der Waals surface area contributed by atoms with Crippen LogP contribution in [0, 0.1) is 6.92 Å². The Labute approximate surface area is 87.0 Å². The first-order valence-corrected chi connectivity index (χ1v) is 4.48. The SMILES string of the molecule is Cc1cccc(C(C=O)=C(Cl)Cl)c1. The highest BCUT2D eigenvalue weighted by Crippen LogP contribution is 2.22. The maximum absolute atomic E-state index is 10.6. The summed E-state index contributed by atoms with van der Waals surface area (Å²) in [6.07, 6.45) is 0.657.